The lowest BCUT2D eigenvalue weighted by molar-refractivity contribution is 0.0950. The average molecular weight is 337 g/mol. The lowest BCUT2D eigenvalue weighted by Crippen LogP contribution is -2.32. The Morgan fingerprint density at radius 2 is 1.88 bits per heavy atom. The average Bonchev–Trinajstić information content (AvgIpc) is 3.41. The van der Waals surface area contributed by atoms with E-state index in [4.69, 9.17) is 11.6 Å². The number of benzene rings is 2. The molecular formula is C20H17ClN2O. The van der Waals surface area contributed by atoms with Gasteiger partial charge in [0.2, 0.25) is 0 Å². The first-order valence-corrected chi connectivity index (χ1v) is 8.44. The van der Waals surface area contributed by atoms with Crippen molar-refractivity contribution in [3.8, 4) is 0 Å². The van der Waals surface area contributed by atoms with Crippen LogP contribution in [-0.2, 0) is 5.41 Å². The quantitative estimate of drug-likeness (QED) is 0.720. The van der Waals surface area contributed by atoms with Gasteiger partial charge in [-0.15, -0.1) is 0 Å². The van der Waals surface area contributed by atoms with Gasteiger partial charge in [-0.2, -0.15) is 0 Å². The molecule has 0 atom stereocenters. The third-order valence-corrected chi connectivity index (χ3v) is 4.95. The van der Waals surface area contributed by atoms with E-state index in [-0.39, 0.29) is 11.3 Å². The van der Waals surface area contributed by atoms with Gasteiger partial charge >= 0.3 is 0 Å². The number of carbonyl (C=O) groups excluding carboxylic acids is 1. The van der Waals surface area contributed by atoms with Crippen LogP contribution in [0.4, 0.5) is 0 Å². The molecule has 1 N–H and O–H groups in total. The Hall–Kier alpha value is -2.39. The molecule has 2 aromatic carbocycles. The van der Waals surface area contributed by atoms with Crippen LogP contribution in [0.3, 0.4) is 0 Å². The molecule has 1 saturated carbocycles. The summed E-state index contributed by atoms with van der Waals surface area (Å²) in [5.41, 5.74) is 2.86. The monoisotopic (exact) mass is 336 g/mol. The van der Waals surface area contributed by atoms with Gasteiger partial charge in [0.05, 0.1) is 5.52 Å². The van der Waals surface area contributed by atoms with E-state index < -0.39 is 0 Å². The van der Waals surface area contributed by atoms with Gasteiger partial charge in [-0.25, -0.2) is 4.98 Å². The van der Waals surface area contributed by atoms with Crippen LogP contribution in [0.5, 0.6) is 0 Å². The molecule has 120 valence electrons. The summed E-state index contributed by atoms with van der Waals surface area (Å²) >= 11 is 5.90. The van der Waals surface area contributed by atoms with E-state index in [2.05, 4.69) is 34.6 Å². The van der Waals surface area contributed by atoms with Gasteiger partial charge in [-0.1, -0.05) is 41.9 Å². The Morgan fingerprint density at radius 3 is 2.62 bits per heavy atom. The largest absolute Gasteiger partial charge is 0.351 e. The molecule has 1 aliphatic carbocycles. The highest BCUT2D eigenvalue weighted by Gasteiger charge is 2.44. The molecule has 0 saturated heterocycles. The number of hydrogen-bond acceptors (Lipinski definition) is 2. The lowest BCUT2D eigenvalue weighted by Gasteiger charge is -2.16. The Labute approximate surface area is 145 Å². The summed E-state index contributed by atoms with van der Waals surface area (Å²) in [7, 11) is 0. The molecule has 1 aromatic heterocycles. The molecule has 3 nitrogen and oxygen atoms in total. The topological polar surface area (TPSA) is 42.0 Å². The summed E-state index contributed by atoms with van der Waals surface area (Å²) in [5, 5.41) is 4.46. The number of carbonyl (C=O) groups is 1. The maximum atomic E-state index is 12.5. The molecule has 3 aromatic rings. The molecule has 1 aliphatic rings. The second kappa shape index (κ2) is 5.91. The minimum absolute atomic E-state index is 0.0472. The summed E-state index contributed by atoms with van der Waals surface area (Å²) in [6, 6.07) is 19.5. The van der Waals surface area contributed by atoms with E-state index in [1.165, 1.54) is 5.56 Å². The van der Waals surface area contributed by atoms with Crippen LogP contribution in [0.2, 0.25) is 5.15 Å². The molecular weight excluding hydrogens is 320 g/mol. The van der Waals surface area contributed by atoms with Gasteiger partial charge in [0.25, 0.3) is 5.91 Å². The van der Waals surface area contributed by atoms with E-state index in [0.29, 0.717) is 17.3 Å². The Bertz CT molecular complexity index is 904. The zero-order valence-corrected chi connectivity index (χ0v) is 13.9. The van der Waals surface area contributed by atoms with Crippen LogP contribution < -0.4 is 5.32 Å². The van der Waals surface area contributed by atoms with Crippen LogP contribution in [0.25, 0.3) is 10.9 Å². The number of pyridine rings is 1. The van der Waals surface area contributed by atoms with Crippen LogP contribution in [-0.4, -0.2) is 17.4 Å². The van der Waals surface area contributed by atoms with Gasteiger partial charge < -0.3 is 5.32 Å². The van der Waals surface area contributed by atoms with E-state index in [0.717, 1.165) is 23.7 Å². The van der Waals surface area contributed by atoms with Crippen LogP contribution in [0.1, 0.15) is 28.8 Å². The first-order valence-electron chi connectivity index (χ1n) is 8.06. The molecule has 0 bridgehead atoms. The number of fused-ring (bicyclic) bond motifs is 1. The third kappa shape index (κ3) is 2.87. The van der Waals surface area contributed by atoms with Crippen molar-refractivity contribution in [1.82, 2.24) is 10.3 Å². The van der Waals surface area contributed by atoms with Crippen LogP contribution in [0.15, 0.2) is 60.7 Å². The SMILES string of the molecule is O=C(NCC1(c2ccccc2)CC1)c1ccc2nc(Cl)ccc2c1. The van der Waals surface area contributed by atoms with Crippen molar-refractivity contribution >= 4 is 28.4 Å². The number of nitrogens with one attached hydrogen (secondary N) is 1. The Kier molecular flexibility index (Phi) is 3.73. The second-order valence-corrected chi connectivity index (χ2v) is 6.76. The molecule has 4 rings (SSSR count). The molecule has 1 amide bonds. The molecule has 0 spiro atoms. The number of rotatable bonds is 4. The number of hydrogen-bond donors (Lipinski definition) is 1. The number of amides is 1. The van der Waals surface area contributed by atoms with E-state index in [1.54, 1.807) is 12.1 Å². The standard InChI is InChI=1S/C20H17ClN2O/c21-18-9-7-14-12-15(6-8-17(14)23-18)19(24)22-13-20(10-11-20)16-4-2-1-3-5-16/h1-9,12H,10-11,13H2,(H,22,24). The molecule has 4 heteroatoms. The minimum Gasteiger partial charge on any atom is -0.351 e. The van der Waals surface area contributed by atoms with Gasteiger partial charge in [-0.3, -0.25) is 4.79 Å². The maximum Gasteiger partial charge on any atom is 0.251 e. The molecule has 0 unspecified atom stereocenters. The maximum absolute atomic E-state index is 12.5. The molecule has 1 fully saturated rings. The van der Waals surface area contributed by atoms with Crippen molar-refractivity contribution in [2.24, 2.45) is 0 Å². The van der Waals surface area contributed by atoms with Crippen molar-refractivity contribution in [3.05, 3.63) is 76.9 Å². The van der Waals surface area contributed by atoms with Gasteiger partial charge in [0.15, 0.2) is 0 Å². The Balaban J connectivity index is 1.50. The summed E-state index contributed by atoms with van der Waals surface area (Å²) in [5.74, 6) is -0.0472. The zero-order valence-electron chi connectivity index (χ0n) is 13.1. The van der Waals surface area contributed by atoms with Gasteiger partial charge in [0, 0.05) is 22.9 Å². The van der Waals surface area contributed by atoms with Crippen molar-refractivity contribution in [2.75, 3.05) is 6.54 Å². The fourth-order valence-electron chi connectivity index (χ4n) is 3.10. The van der Waals surface area contributed by atoms with Gasteiger partial charge in [-0.05, 0) is 48.7 Å². The highest BCUT2D eigenvalue weighted by Crippen LogP contribution is 2.47. The second-order valence-electron chi connectivity index (χ2n) is 6.37. The third-order valence-electron chi connectivity index (χ3n) is 4.74. The molecule has 0 aliphatic heterocycles. The molecule has 1 heterocycles. The summed E-state index contributed by atoms with van der Waals surface area (Å²) in [6.45, 7) is 0.673. The van der Waals surface area contributed by atoms with Gasteiger partial charge in [0.1, 0.15) is 5.15 Å². The van der Waals surface area contributed by atoms with Crippen molar-refractivity contribution < 1.29 is 4.79 Å². The Morgan fingerprint density at radius 1 is 1.08 bits per heavy atom. The summed E-state index contributed by atoms with van der Waals surface area (Å²) < 4.78 is 0. The fourth-order valence-corrected chi connectivity index (χ4v) is 3.26. The zero-order chi connectivity index (χ0) is 16.6. The van der Waals surface area contributed by atoms with Crippen LogP contribution >= 0.6 is 11.6 Å². The van der Waals surface area contributed by atoms with Crippen molar-refractivity contribution in [3.63, 3.8) is 0 Å². The van der Waals surface area contributed by atoms with E-state index in [1.807, 2.05) is 24.3 Å². The number of nitrogens with zero attached hydrogens (tertiary/aromatic N) is 1. The minimum atomic E-state index is -0.0472. The summed E-state index contributed by atoms with van der Waals surface area (Å²) in [4.78, 5) is 16.7. The normalized spacial score (nSPS) is 15.2. The molecule has 0 radical (unpaired) electrons. The number of halogens is 1. The highest BCUT2D eigenvalue weighted by atomic mass is 35.5. The lowest BCUT2D eigenvalue weighted by atomic mass is 9.96. The predicted octanol–water partition coefficient (Wildman–Crippen LogP) is 4.35. The first kappa shape index (κ1) is 15.2. The smallest absolute Gasteiger partial charge is 0.251 e. The number of aromatic nitrogens is 1. The first-order chi connectivity index (χ1) is 11.7. The van der Waals surface area contributed by atoms with Crippen molar-refractivity contribution in [1.29, 1.82) is 0 Å². The van der Waals surface area contributed by atoms with Crippen LogP contribution in [0, 0.1) is 0 Å². The van der Waals surface area contributed by atoms with E-state index >= 15 is 0 Å². The van der Waals surface area contributed by atoms with E-state index in [9.17, 15) is 4.79 Å². The highest BCUT2D eigenvalue weighted by molar-refractivity contribution is 6.29. The molecule has 24 heavy (non-hydrogen) atoms. The fraction of sp³-hybridized carbons (Fsp3) is 0.200. The van der Waals surface area contributed by atoms with Crippen molar-refractivity contribution in [2.45, 2.75) is 18.3 Å². The predicted molar refractivity (Wildman–Crippen MR) is 96.4 cm³/mol. The summed E-state index contributed by atoms with van der Waals surface area (Å²) in [6.07, 6.45) is 2.24.